The Labute approximate surface area is 106 Å². The first-order chi connectivity index (χ1) is 8.27. The maximum absolute atomic E-state index is 5.83. The molecule has 1 aromatic carbocycles. The molecule has 0 saturated heterocycles. The molecule has 2 N–H and O–H groups in total. The number of hydrogen-bond donors (Lipinski definition) is 1. The second-order valence-corrected chi connectivity index (χ2v) is 4.05. The fourth-order valence-corrected chi connectivity index (χ4v) is 1.75. The van der Waals surface area contributed by atoms with Gasteiger partial charge in [-0.2, -0.15) is 0 Å². The van der Waals surface area contributed by atoms with Crippen molar-refractivity contribution in [3.63, 3.8) is 0 Å². The van der Waals surface area contributed by atoms with Crippen LogP contribution >= 0.6 is 11.3 Å². The van der Waals surface area contributed by atoms with Crippen LogP contribution < -0.4 is 5.73 Å². The second kappa shape index (κ2) is 7.26. The third-order valence-corrected chi connectivity index (χ3v) is 2.67. The summed E-state index contributed by atoms with van der Waals surface area (Å²) in [6.07, 6.45) is 4.60. The Morgan fingerprint density at radius 1 is 1.24 bits per heavy atom. The summed E-state index contributed by atoms with van der Waals surface area (Å²) in [6.45, 7) is 1.65. The van der Waals surface area contributed by atoms with Crippen molar-refractivity contribution < 1.29 is 0 Å². The molecular formula is C14H14N2S. The Balaban J connectivity index is 0.000000437. The number of para-hydroxylation sites is 1. The number of aliphatic imine (C=N–C) groups is 1. The smallest absolute Gasteiger partial charge is 0.141 e. The molecule has 0 aliphatic rings. The number of amidine groups is 1. The monoisotopic (exact) mass is 242 g/mol. The van der Waals surface area contributed by atoms with E-state index in [1.807, 2.05) is 47.8 Å². The van der Waals surface area contributed by atoms with Crippen molar-refractivity contribution >= 4 is 22.9 Å². The van der Waals surface area contributed by atoms with Gasteiger partial charge in [0.15, 0.2) is 0 Å². The fraction of sp³-hybridized carbons (Fsp3) is 0.0714. The van der Waals surface area contributed by atoms with E-state index in [1.165, 1.54) is 0 Å². The molecule has 3 heteroatoms. The summed E-state index contributed by atoms with van der Waals surface area (Å²) in [4.78, 5) is 5.31. The Morgan fingerprint density at radius 2 is 1.88 bits per heavy atom. The van der Waals surface area contributed by atoms with Crippen molar-refractivity contribution in [2.75, 3.05) is 0 Å². The van der Waals surface area contributed by atoms with Crippen molar-refractivity contribution in [2.24, 2.45) is 10.7 Å². The number of benzene rings is 1. The average Bonchev–Trinajstić information content (AvgIpc) is 2.85. The molecule has 1 heterocycles. The van der Waals surface area contributed by atoms with Gasteiger partial charge in [-0.15, -0.1) is 23.7 Å². The molecule has 1 aromatic heterocycles. The van der Waals surface area contributed by atoms with Crippen LogP contribution in [-0.2, 0) is 0 Å². The largest absolute Gasteiger partial charge is 0.383 e. The van der Waals surface area contributed by atoms with Crippen molar-refractivity contribution in [3.05, 3.63) is 52.7 Å². The summed E-state index contributed by atoms with van der Waals surface area (Å²) in [5.41, 5.74) is 6.72. The highest BCUT2D eigenvalue weighted by molar-refractivity contribution is 7.12. The highest BCUT2D eigenvalue weighted by Crippen LogP contribution is 2.13. The zero-order valence-corrected chi connectivity index (χ0v) is 10.4. The number of rotatable bonds is 2. The molecule has 2 nitrogen and oxygen atoms in total. The van der Waals surface area contributed by atoms with E-state index >= 15 is 0 Å². The topological polar surface area (TPSA) is 38.4 Å². The van der Waals surface area contributed by atoms with Gasteiger partial charge in [-0.1, -0.05) is 24.3 Å². The van der Waals surface area contributed by atoms with Gasteiger partial charge in [-0.05, 0) is 30.5 Å². The lowest BCUT2D eigenvalue weighted by Gasteiger charge is -1.96. The number of nitrogens with zero attached hydrogens (tertiary/aromatic N) is 1. The van der Waals surface area contributed by atoms with Crippen molar-refractivity contribution in [2.45, 2.75) is 6.92 Å². The summed E-state index contributed by atoms with van der Waals surface area (Å²) in [5.74, 6) is 2.83. The highest BCUT2D eigenvalue weighted by Gasteiger charge is 1.98. The SMILES string of the molecule is C#CC.NC(=Nc1ccccc1)c1cccs1. The van der Waals surface area contributed by atoms with E-state index in [1.54, 1.807) is 18.3 Å². The van der Waals surface area contributed by atoms with Gasteiger partial charge < -0.3 is 5.73 Å². The summed E-state index contributed by atoms with van der Waals surface area (Å²) in [7, 11) is 0. The van der Waals surface area contributed by atoms with Crippen LogP contribution in [0.4, 0.5) is 5.69 Å². The van der Waals surface area contributed by atoms with Gasteiger partial charge in [0.25, 0.3) is 0 Å². The lowest BCUT2D eigenvalue weighted by molar-refractivity contribution is 1.48. The van der Waals surface area contributed by atoms with E-state index in [0.29, 0.717) is 5.84 Å². The summed E-state index contributed by atoms with van der Waals surface area (Å²) in [6, 6.07) is 13.6. The molecule has 0 atom stereocenters. The first kappa shape index (κ1) is 13.0. The van der Waals surface area contributed by atoms with Crippen LogP contribution in [-0.4, -0.2) is 5.84 Å². The zero-order chi connectivity index (χ0) is 12.5. The van der Waals surface area contributed by atoms with Crippen molar-refractivity contribution in [1.29, 1.82) is 0 Å². The quantitative estimate of drug-likeness (QED) is 0.489. The van der Waals surface area contributed by atoms with Gasteiger partial charge >= 0.3 is 0 Å². The lowest BCUT2D eigenvalue weighted by Crippen LogP contribution is -2.10. The minimum Gasteiger partial charge on any atom is -0.383 e. The molecule has 0 bridgehead atoms. The summed E-state index contributed by atoms with van der Waals surface area (Å²) >= 11 is 1.59. The molecule has 2 aromatic rings. The van der Waals surface area contributed by atoms with E-state index < -0.39 is 0 Å². The third-order valence-electron chi connectivity index (χ3n) is 1.78. The van der Waals surface area contributed by atoms with Crippen molar-refractivity contribution in [3.8, 4) is 12.3 Å². The predicted octanol–water partition coefficient (Wildman–Crippen LogP) is 3.42. The molecule has 0 spiro atoms. The number of terminal acetylenes is 1. The fourth-order valence-electron chi connectivity index (χ4n) is 1.12. The minimum atomic E-state index is 0.575. The van der Waals surface area contributed by atoms with Gasteiger partial charge in [0.05, 0.1) is 10.6 Å². The number of nitrogens with two attached hydrogens (primary N) is 1. The molecule has 86 valence electrons. The van der Waals surface area contributed by atoms with Gasteiger partial charge in [0.2, 0.25) is 0 Å². The van der Waals surface area contributed by atoms with Gasteiger partial charge in [-0.3, -0.25) is 0 Å². The second-order valence-electron chi connectivity index (χ2n) is 3.10. The Kier molecular flexibility index (Phi) is 5.56. The molecule has 0 fully saturated rings. The van der Waals surface area contributed by atoms with Crippen LogP contribution in [0.3, 0.4) is 0 Å². The summed E-state index contributed by atoms with van der Waals surface area (Å²) in [5, 5.41) is 1.99. The van der Waals surface area contributed by atoms with Gasteiger partial charge in [-0.25, -0.2) is 4.99 Å². The molecule has 0 aliphatic carbocycles. The van der Waals surface area contributed by atoms with Crippen LogP contribution in [0.25, 0.3) is 0 Å². The first-order valence-corrected chi connectivity index (χ1v) is 5.96. The normalized spacial score (nSPS) is 10.0. The molecule has 2 rings (SSSR count). The van der Waals surface area contributed by atoms with Crippen molar-refractivity contribution in [1.82, 2.24) is 0 Å². The molecule has 0 radical (unpaired) electrons. The zero-order valence-electron chi connectivity index (χ0n) is 9.63. The molecular weight excluding hydrogens is 228 g/mol. The Bertz CT molecular complexity index is 493. The number of thiophene rings is 1. The molecule has 0 saturated carbocycles. The molecule has 0 aliphatic heterocycles. The van der Waals surface area contributed by atoms with E-state index in [4.69, 9.17) is 5.73 Å². The molecule has 0 amide bonds. The van der Waals surface area contributed by atoms with Crippen LogP contribution in [0, 0.1) is 12.3 Å². The number of hydrogen-bond acceptors (Lipinski definition) is 2. The Morgan fingerprint density at radius 3 is 2.41 bits per heavy atom. The highest BCUT2D eigenvalue weighted by atomic mass is 32.1. The maximum Gasteiger partial charge on any atom is 0.141 e. The van der Waals surface area contributed by atoms with E-state index in [2.05, 4.69) is 17.3 Å². The molecule has 0 unspecified atom stereocenters. The average molecular weight is 242 g/mol. The maximum atomic E-state index is 5.83. The van der Waals surface area contributed by atoms with Gasteiger partial charge in [0, 0.05) is 0 Å². The minimum absolute atomic E-state index is 0.575. The predicted molar refractivity (Wildman–Crippen MR) is 75.7 cm³/mol. The van der Waals surface area contributed by atoms with E-state index in [9.17, 15) is 0 Å². The van der Waals surface area contributed by atoms with Crippen LogP contribution in [0.5, 0.6) is 0 Å². The van der Waals surface area contributed by atoms with Crippen LogP contribution in [0.15, 0.2) is 52.8 Å². The molecule has 17 heavy (non-hydrogen) atoms. The first-order valence-electron chi connectivity index (χ1n) is 5.08. The van der Waals surface area contributed by atoms with E-state index in [0.717, 1.165) is 10.6 Å². The lowest BCUT2D eigenvalue weighted by atomic mass is 10.3. The van der Waals surface area contributed by atoms with Crippen LogP contribution in [0.2, 0.25) is 0 Å². The Hall–Kier alpha value is -2.05. The van der Waals surface area contributed by atoms with E-state index in [-0.39, 0.29) is 0 Å². The standard InChI is InChI=1S/C11H10N2S.C3H4/c12-11(10-7-4-8-14-10)13-9-5-2-1-3-6-9;1-3-2/h1-8H,(H2,12,13);1H,2H3. The summed E-state index contributed by atoms with van der Waals surface area (Å²) < 4.78 is 0. The van der Waals surface area contributed by atoms with Crippen LogP contribution in [0.1, 0.15) is 11.8 Å². The van der Waals surface area contributed by atoms with Gasteiger partial charge in [0.1, 0.15) is 5.84 Å². The third kappa shape index (κ3) is 4.54.